The Hall–Kier alpha value is -5.22. The summed E-state index contributed by atoms with van der Waals surface area (Å²) in [5, 5.41) is 1.64. The molecule has 4 heterocycles. The number of aromatic nitrogens is 3. The van der Waals surface area contributed by atoms with Crippen LogP contribution in [0.15, 0.2) is 126 Å². The molecule has 4 nitrogen and oxygen atoms in total. The van der Waals surface area contributed by atoms with E-state index >= 15 is 0 Å². The van der Waals surface area contributed by atoms with Gasteiger partial charge in [-0.1, -0.05) is 122 Å². The SMILES string of the molecule is Cc1cnc(-c2[c-]cc(C)c(-c3ccccc3)c2)cc1C.[2H]C([2H])([2H])c1ccc2c(n1)oc1c(-c3cc(CCc4ccc(CC(C)(C)C)cc4)ccn3)[c-]ccc12.[Ir]. The molecule has 0 aliphatic rings. The maximum Gasteiger partial charge on any atom is 0.216 e. The van der Waals surface area contributed by atoms with Crippen LogP contribution in [0.2, 0.25) is 0 Å². The van der Waals surface area contributed by atoms with Crippen LogP contribution in [-0.2, 0) is 39.4 Å². The average molecular weight is 901 g/mol. The third kappa shape index (κ3) is 9.54. The third-order valence-corrected chi connectivity index (χ3v) is 9.73. The summed E-state index contributed by atoms with van der Waals surface area (Å²) in [6.45, 7) is 10.8. The molecule has 4 aromatic carbocycles. The normalized spacial score (nSPS) is 12.3. The molecule has 0 N–H and O–H groups in total. The van der Waals surface area contributed by atoms with Crippen molar-refractivity contribution < 1.29 is 28.6 Å². The average Bonchev–Trinajstić information content (AvgIpc) is 3.57. The fourth-order valence-corrected chi connectivity index (χ4v) is 6.72. The van der Waals surface area contributed by atoms with Gasteiger partial charge in [0.15, 0.2) is 0 Å². The number of aryl methyl sites for hydroxylation is 6. The summed E-state index contributed by atoms with van der Waals surface area (Å²) in [6, 6.07) is 43.5. The summed E-state index contributed by atoms with van der Waals surface area (Å²) in [4.78, 5) is 13.4. The quantitative estimate of drug-likeness (QED) is 0.150. The number of furan rings is 1. The first-order valence-corrected chi connectivity index (χ1v) is 18.5. The Labute approximate surface area is 343 Å². The fourth-order valence-electron chi connectivity index (χ4n) is 6.72. The van der Waals surface area contributed by atoms with Crippen LogP contribution in [0.5, 0.6) is 0 Å². The predicted octanol–water partition coefficient (Wildman–Crippen LogP) is 12.7. The summed E-state index contributed by atoms with van der Waals surface area (Å²) in [5.41, 5.74) is 14.8. The number of pyridine rings is 3. The van der Waals surface area contributed by atoms with E-state index in [1.54, 1.807) is 6.07 Å². The molecule has 279 valence electrons. The van der Waals surface area contributed by atoms with Crippen molar-refractivity contribution in [3.63, 3.8) is 0 Å². The minimum absolute atomic E-state index is 0. The minimum Gasteiger partial charge on any atom is -0.486 e. The van der Waals surface area contributed by atoms with Crippen LogP contribution < -0.4 is 0 Å². The Kier molecular flexibility index (Phi) is 11.0. The topological polar surface area (TPSA) is 51.8 Å². The molecule has 1 radical (unpaired) electrons. The summed E-state index contributed by atoms with van der Waals surface area (Å²) in [5.74, 6) is 0. The van der Waals surface area contributed by atoms with E-state index < -0.39 is 6.85 Å². The molecule has 0 saturated heterocycles. The summed E-state index contributed by atoms with van der Waals surface area (Å²) in [7, 11) is 0. The number of hydrogen-bond donors (Lipinski definition) is 0. The van der Waals surface area contributed by atoms with Gasteiger partial charge in [-0.2, -0.15) is 0 Å². The van der Waals surface area contributed by atoms with Crippen molar-refractivity contribution in [1.29, 1.82) is 0 Å². The maximum absolute atomic E-state index is 7.64. The first-order valence-electron chi connectivity index (χ1n) is 20.0. The predicted molar refractivity (Wildman–Crippen MR) is 223 cm³/mol. The van der Waals surface area contributed by atoms with Crippen LogP contribution in [0, 0.1) is 45.2 Å². The molecule has 5 heteroatoms. The second kappa shape index (κ2) is 17.1. The van der Waals surface area contributed by atoms with E-state index in [-0.39, 0.29) is 31.2 Å². The molecular weight excluding hydrogens is 851 g/mol. The molecule has 0 aliphatic heterocycles. The zero-order valence-electron chi connectivity index (χ0n) is 35.3. The van der Waals surface area contributed by atoms with Crippen LogP contribution in [0.3, 0.4) is 0 Å². The van der Waals surface area contributed by atoms with E-state index in [0.29, 0.717) is 11.3 Å². The van der Waals surface area contributed by atoms with Crippen LogP contribution in [0.4, 0.5) is 0 Å². The van der Waals surface area contributed by atoms with Gasteiger partial charge in [0.25, 0.3) is 0 Å². The Morgan fingerprint density at radius 1 is 0.709 bits per heavy atom. The number of benzene rings is 4. The molecular formula is C50H47IrN3O-2. The Morgan fingerprint density at radius 2 is 1.47 bits per heavy atom. The first-order chi connectivity index (χ1) is 27.2. The van der Waals surface area contributed by atoms with Crippen LogP contribution in [0.1, 0.15) is 64.0 Å². The van der Waals surface area contributed by atoms with Gasteiger partial charge in [0.1, 0.15) is 0 Å². The molecule has 8 rings (SSSR count). The van der Waals surface area contributed by atoms with E-state index in [1.807, 2.05) is 36.7 Å². The standard InChI is InChI=1S/C30H29N2O.C20H18N.Ir/c1-20-8-15-25-24-6-5-7-26(28(24)33-29(25)32-20)27-18-22(16-17-31-27)12-9-21-10-13-23(14-11-21)19-30(2,3)4;1-14-9-10-18(20-11-15(2)16(3)13-21-20)12-19(14)17-7-5-4-6-8-17;/h5-6,8,10-11,13-18H,9,12,19H2,1-4H3;4-9,11-13H,1-3H3;/q2*-1;/i1D3;;. The van der Waals surface area contributed by atoms with Crippen molar-refractivity contribution in [3.05, 3.63) is 173 Å². The molecule has 55 heavy (non-hydrogen) atoms. The van der Waals surface area contributed by atoms with Gasteiger partial charge in [0, 0.05) is 47.7 Å². The molecule has 8 aromatic rings. The molecule has 0 bridgehead atoms. The molecule has 0 amide bonds. The molecule has 0 atom stereocenters. The molecule has 0 unspecified atom stereocenters. The van der Waals surface area contributed by atoms with Gasteiger partial charge in [-0.05, 0) is 97.2 Å². The largest absolute Gasteiger partial charge is 0.486 e. The van der Waals surface area contributed by atoms with Gasteiger partial charge < -0.3 is 14.4 Å². The number of nitrogens with zero attached hydrogens (tertiary/aromatic N) is 3. The minimum atomic E-state index is -2.29. The zero-order valence-corrected chi connectivity index (χ0v) is 34.6. The third-order valence-electron chi connectivity index (χ3n) is 9.73. The van der Waals surface area contributed by atoms with Gasteiger partial charge in [0.2, 0.25) is 5.71 Å². The first kappa shape index (κ1) is 35.5. The van der Waals surface area contributed by atoms with Crippen molar-refractivity contribution in [2.24, 2.45) is 5.41 Å². The smallest absolute Gasteiger partial charge is 0.216 e. The van der Waals surface area contributed by atoms with Crippen LogP contribution >= 0.6 is 0 Å². The Balaban J connectivity index is 0.000000220. The van der Waals surface area contributed by atoms with Crippen molar-refractivity contribution in [2.75, 3.05) is 0 Å². The van der Waals surface area contributed by atoms with Crippen molar-refractivity contribution >= 4 is 22.1 Å². The molecule has 0 spiro atoms. The van der Waals surface area contributed by atoms with Gasteiger partial charge in [0.05, 0.1) is 5.58 Å². The second-order valence-corrected chi connectivity index (χ2v) is 15.3. The van der Waals surface area contributed by atoms with Gasteiger partial charge in [-0.25, -0.2) is 4.98 Å². The Bertz CT molecular complexity index is 2660. The number of hydrogen-bond acceptors (Lipinski definition) is 4. The van der Waals surface area contributed by atoms with Crippen molar-refractivity contribution in [3.8, 4) is 33.6 Å². The summed E-state index contributed by atoms with van der Waals surface area (Å²) < 4.78 is 29.0. The van der Waals surface area contributed by atoms with Crippen molar-refractivity contribution in [2.45, 2.75) is 67.7 Å². The fraction of sp³-hybridized carbons (Fsp3) is 0.220. The maximum atomic E-state index is 7.64. The van der Waals surface area contributed by atoms with Gasteiger partial charge in [-0.3, -0.25) is 0 Å². The van der Waals surface area contributed by atoms with Crippen LogP contribution in [0.25, 0.3) is 55.7 Å². The van der Waals surface area contributed by atoms with Crippen LogP contribution in [-0.4, -0.2) is 15.0 Å². The van der Waals surface area contributed by atoms with Gasteiger partial charge in [-0.15, -0.1) is 47.5 Å². The second-order valence-electron chi connectivity index (χ2n) is 15.3. The molecule has 0 fully saturated rings. The molecule has 0 aliphatic carbocycles. The van der Waals surface area contributed by atoms with E-state index in [9.17, 15) is 0 Å². The van der Waals surface area contributed by atoms with Gasteiger partial charge >= 0.3 is 0 Å². The number of rotatable bonds is 7. The van der Waals surface area contributed by atoms with E-state index in [0.717, 1.165) is 52.5 Å². The van der Waals surface area contributed by atoms with E-state index in [2.05, 4.69) is 141 Å². The van der Waals surface area contributed by atoms with E-state index in [1.165, 1.54) is 50.6 Å². The van der Waals surface area contributed by atoms with E-state index in [4.69, 9.17) is 8.53 Å². The Morgan fingerprint density at radius 3 is 2.22 bits per heavy atom. The van der Waals surface area contributed by atoms with Crippen molar-refractivity contribution in [1.82, 2.24) is 15.0 Å². The monoisotopic (exact) mass is 901 g/mol. The molecule has 4 aromatic heterocycles. The molecule has 0 saturated carbocycles. The summed E-state index contributed by atoms with van der Waals surface area (Å²) >= 11 is 0. The zero-order chi connectivity index (χ0) is 40.3. The number of fused-ring (bicyclic) bond motifs is 3. The summed E-state index contributed by atoms with van der Waals surface area (Å²) in [6.07, 6.45) is 6.66.